The highest BCUT2D eigenvalue weighted by Gasteiger charge is 2.22. The van der Waals surface area contributed by atoms with E-state index in [0.29, 0.717) is 19.5 Å². The van der Waals surface area contributed by atoms with E-state index in [0.717, 1.165) is 12.1 Å². The molecule has 3 amide bonds. The number of rotatable bonds is 3. The fourth-order valence-corrected chi connectivity index (χ4v) is 2.02. The maximum atomic E-state index is 11.3. The van der Waals surface area contributed by atoms with Gasteiger partial charge in [-0.15, -0.1) is 11.3 Å². The molecule has 0 bridgehead atoms. The summed E-state index contributed by atoms with van der Waals surface area (Å²) in [6.07, 6.45) is 1.13. The molecule has 0 unspecified atom stereocenters. The van der Waals surface area contributed by atoms with Crippen LogP contribution in [0.2, 0.25) is 0 Å². The Balaban J connectivity index is 1.85. The van der Waals surface area contributed by atoms with Gasteiger partial charge in [0, 0.05) is 31.3 Å². The van der Waals surface area contributed by atoms with Crippen molar-refractivity contribution in [2.24, 2.45) is 0 Å². The average molecular weight is 225 g/mol. The van der Waals surface area contributed by atoms with Gasteiger partial charge < -0.3 is 4.90 Å². The summed E-state index contributed by atoms with van der Waals surface area (Å²) < 4.78 is 0. The minimum Gasteiger partial charge on any atom is -0.324 e. The normalized spacial score (nSPS) is 16.7. The maximum absolute atomic E-state index is 11.3. The van der Waals surface area contributed by atoms with Gasteiger partial charge in [0.05, 0.1) is 11.2 Å². The van der Waals surface area contributed by atoms with Gasteiger partial charge >= 0.3 is 6.03 Å². The lowest BCUT2D eigenvalue weighted by atomic mass is 10.2. The van der Waals surface area contributed by atoms with Crippen LogP contribution in [0.4, 0.5) is 4.79 Å². The van der Waals surface area contributed by atoms with Gasteiger partial charge in [0.1, 0.15) is 0 Å². The third-order valence-corrected chi connectivity index (χ3v) is 2.90. The van der Waals surface area contributed by atoms with Crippen LogP contribution in [0.5, 0.6) is 0 Å². The summed E-state index contributed by atoms with van der Waals surface area (Å²) in [4.78, 5) is 28.0. The molecule has 6 heteroatoms. The SMILES string of the molecule is O=C1CCN(CCc2cscn2)C(=O)N1. The van der Waals surface area contributed by atoms with Gasteiger partial charge in [0.15, 0.2) is 0 Å². The van der Waals surface area contributed by atoms with Crippen molar-refractivity contribution < 1.29 is 9.59 Å². The Bertz CT molecular complexity index is 363. The van der Waals surface area contributed by atoms with E-state index in [1.165, 1.54) is 0 Å². The Morgan fingerprint density at radius 3 is 3.07 bits per heavy atom. The van der Waals surface area contributed by atoms with Gasteiger partial charge in [0.25, 0.3) is 0 Å². The third kappa shape index (κ3) is 2.53. The van der Waals surface area contributed by atoms with E-state index in [4.69, 9.17) is 0 Å². The summed E-state index contributed by atoms with van der Waals surface area (Å²) in [5.41, 5.74) is 2.76. The first-order valence-electron chi connectivity index (χ1n) is 4.71. The van der Waals surface area contributed by atoms with Crippen LogP contribution in [0, 0.1) is 0 Å². The molecule has 2 heterocycles. The molecule has 1 N–H and O–H groups in total. The van der Waals surface area contributed by atoms with Crippen LogP contribution in [0.25, 0.3) is 0 Å². The second-order valence-corrected chi connectivity index (χ2v) is 4.04. The quantitative estimate of drug-likeness (QED) is 0.820. The predicted molar refractivity (Wildman–Crippen MR) is 55.5 cm³/mol. The van der Waals surface area contributed by atoms with Gasteiger partial charge in [-0.1, -0.05) is 0 Å². The zero-order chi connectivity index (χ0) is 10.7. The van der Waals surface area contributed by atoms with E-state index in [1.54, 1.807) is 21.7 Å². The largest absolute Gasteiger partial charge is 0.324 e. The van der Waals surface area contributed by atoms with E-state index < -0.39 is 0 Å². The van der Waals surface area contributed by atoms with Gasteiger partial charge in [-0.05, 0) is 0 Å². The van der Waals surface area contributed by atoms with Gasteiger partial charge in [-0.3, -0.25) is 10.1 Å². The zero-order valence-electron chi connectivity index (χ0n) is 8.10. The molecule has 1 aliphatic rings. The number of urea groups is 1. The fourth-order valence-electron chi connectivity index (χ4n) is 1.42. The minimum absolute atomic E-state index is 0.190. The van der Waals surface area contributed by atoms with Crippen LogP contribution in [-0.2, 0) is 11.2 Å². The lowest BCUT2D eigenvalue weighted by Gasteiger charge is -2.26. The zero-order valence-corrected chi connectivity index (χ0v) is 8.92. The topological polar surface area (TPSA) is 62.3 Å². The number of imide groups is 1. The molecule has 80 valence electrons. The molecule has 2 rings (SSSR count). The van der Waals surface area contributed by atoms with Crippen LogP contribution < -0.4 is 5.32 Å². The smallest absolute Gasteiger partial charge is 0.324 e. The first-order chi connectivity index (χ1) is 7.25. The van der Waals surface area contributed by atoms with Crippen LogP contribution in [-0.4, -0.2) is 34.9 Å². The van der Waals surface area contributed by atoms with Crippen LogP contribution in [0.3, 0.4) is 0 Å². The summed E-state index contributed by atoms with van der Waals surface area (Å²) in [5.74, 6) is -0.190. The summed E-state index contributed by atoms with van der Waals surface area (Å²) in [6.45, 7) is 1.12. The molecule has 1 aliphatic heterocycles. The Morgan fingerprint density at radius 2 is 2.40 bits per heavy atom. The van der Waals surface area contributed by atoms with Crippen molar-refractivity contribution in [1.82, 2.24) is 15.2 Å². The second-order valence-electron chi connectivity index (χ2n) is 3.32. The molecule has 15 heavy (non-hydrogen) atoms. The molecule has 1 aromatic rings. The molecule has 1 fully saturated rings. The second kappa shape index (κ2) is 4.39. The fraction of sp³-hybridized carbons (Fsp3) is 0.444. The van der Waals surface area contributed by atoms with Crippen molar-refractivity contribution in [2.75, 3.05) is 13.1 Å². The van der Waals surface area contributed by atoms with E-state index in [9.17, 15) is 9.59 Å². The summed E-state index contributed by atoms with van der Waals surface area (Å²) >= 11 is 1.54. The van der Waals surface area contributed by atoms with Gasteiger partial charge in [-0.25, -0.2) is 9.78 Å². The third-order valence-electron chi connectivity index (χ3n) is 2.26. The molecule has 0 aromatic carbocycles. The Labute approximate surface area is 91.1 Å². The number of thiazole rings is 1. The van der Waals surface area contributed by atoms with E-state index in [1.807, 2.05) is 5.38 Å². The Hall–Kier alpha value is -1.43. The van der Waals surface area contributed by atoms with Crippen LogP contribution in [0.15, 0.2) is 10.9 Å². The number of amides is 3. The molecule has 0 spiro atoms. The van der Waals surface area contributed by atoms with Crippen molar-refractivity contribution in [3.63, 3.8) is 0 Å². The molecule has 5 nitrogen and oxygen atoms in total. The number of aromatic nitrogens is 1. The lowest BCUT2D eigenvalue weighted by Crippen LogP contribution is -2.49. The number of nitrogens with one attached hydrogen (secondary N) is 1. The molecule has 0 saturated carbocycles. The van der Waals surface area contributed by atoms with Crippen molar-refractivity contribution in [2.45, 2.75) is 12.8 Å². The monoisotopic (exact) mass is 225 g/mol. The number of hydrogen-bond acceptors (Lipinski definition) is 4. The number of carbonyl (C=O) groups is 2. The number of carbonyl (C=O) groups excluding carboxylic acids is 2. The highest BCUT2D eigenvalue weighted by Crippen LogP contribution is 2.05. The number of nitrogens with zero attached hydrogens (tertiary/aromatic N) is 2. The molecule has 0 atom stereocenters. The molecule has 0 radical (unpaired) electrons. The maximum Gasteiger partial charge on any atom is 0.324 e. The van der Waals surface area contributed by atoms with Crippen LogP contribution in [0.1, 0.15) is 12.1 Å². The van der Waals surface area contributed by atoms with Crippen molar-refractivity contribution in [3.8, 4) is 0 Å². The van der Waals surface area contributed by atoms with E-state index in [2.05, 4.69) is 10.3 Å². The van der Waals surface area contributed by atoms with Crippen molar-refractivity contribution in [1.29, 1.82) is 0 Å². The molecular formula is C9H11N3O2S. The predicted octanol–water partition coefficient (Wildman–Crippen LogP) is 0.627. The summed E-state index contributed by atoms with van der Waals surface area (Å²) in [7, 11) is 0. The highest BCUT2D eigenvalue weighted by atomic mass is 32.1. The van der Waals surface area contributed by atoms with Gasteiger partial charge in [0.2, 0.25) is 5.91 Å². The van der Waals surface area contributed by atoms with Gasteiger partial charge in [-0.2, -0.15) is 0 Å². The highest BCUT2D eigenvalue weighted by molar-refractivity contribution is 7.07. The van der Waals surface area contributed by atoms with Crippen molar-refractivity contribution >= 4 is 23.3 Å². The molecule has 0 aliphatic carbocycles. The summed E-state index contributed by atoms with van der Waals surface area (Å²) in [5, 5.41) is 4.25. The van der Waals surface area contributed by atoms with Crippen LogP contribution >= 0.6 is 11.3 Å². The standard InChI is InChI=1S/C9H11N3O2S/c13-8-2-4-12(9(14)11-8)3-1-7-5-15-6-10-7/h5-6H,1-4H2,(H,11,13,14). The van der Waals surface area contributed by atoms with E-state index >= 15 is 0 Å². The Kier molecular flexibility index (Phi) is 2.96. The molecule has 1 saturated heterocycles. The van der Waals surface area contributed by atoms with E-state index in [-0.39, 0.29) is 11.9 Å². The average Bonchev–Trinajstić information content (AvgIpc) is 2.69. The first-order valence-corrected chi connectivity index (χ1v) is 5.66. The first kappa shape index (κ1) is 10.1. The molecule has 1 aromatic heterocycles. The minimum atomic E-state index is -0.290. The lowest BCUT2D eigenvalue weighted by molar-refractivity contribution is -0.121. The number of hydrogen-bond donors (Lipinski definition) is 1. The molecular weight excluding hydrogens is 214 g/mol. The summed E-state index contributed by atoms with van der Waals surface area (Å²) in [6, 6.07) is -0.290. The Morgan fingerprint density at radius 1 is 1.53 bits per heavy atom. The van der Waals surface area contributed by atoms with Crippen molar-refractivity contribution in [3.05, 3.63) is 16.6 Å².